The predicted octanol–water partition coefficient (Wildman–Crippen LogP) is 3.66. The summed E-state index contributed by atoms with van der Waals surface area (Å²) in [4.78, 5) is 4.60. The molecule has 3 atom stereocenters. The van der Waals surface area contributed by atoms with Crippen LogP contribution in [0.3, 0.4) is 0 Å². The molecule has 1 aliphatic rings. The van der Waals surface area contributed by atoms with E-state index in [0.29, 0.717) is 11.8 Å². The predicted molar refractivity (Wildman–Crippen MR) is 76.6 cm³/mol. The lowest BCUT2D eigenvalue weighted by Gasteiger charge is -2.32. The lowest BCUT2D eigenvalue weighted by Crippen LogP contribution is -2.37. The first-order valence-corrected chi connectivity index (χ1v) is 7.43. The summed E-state index contributed by atoms with van der Waals surface area (Å²) in [7, 11) is 0. The van der Waals surface area contributed by atoms with Crippen molar-refractivity contribution >= 4 is 0 Å². The Morgan fingerprint density at radius 3 is 3.11 bits per heavy atom. The van der Waals surface area contributed by atoms with E-state index in [4.69, 9.17) is 5.73 Å². The van der Waals surface area contributed by atoms with E-state index in [0.717, 1.165) is 0 Å². The van der Waals surface area contributed by atoms with Crippen LogP contribution in [0.1, 0.15) is 63.1 Å². The Morgan fingerprint density at radius 2 is 2.33 bits per heavy atom. The van der Waals surface area contributed by atoms with Gasteiger partial charge in [-0.25, -0.2) is 0 Å². The van der Waals surface area contributed by atoms with E-state index in [-0.39, 0.29) is 6.04 Å². The number of aryl methyl sites for hydroxylation is 1. The van der Waals surface area contributed by atoms with Gasteiger partial charge in [-0.2, -0.15) is 0 Å². The van der Waals surface area contributed by atoms with Crippen LogP contribution in [0.4, 0.5) is 0 Å². The van der Waals surface area contributed by atoms with Crippen LogP contribution < -0.4 is 5.73 Å². The Labute approximate surface area is 111 Å². The Bertz CT molecular complexity index is 375. The zero-order valence-corrected chi connectivity index (χ0v) is 11.7. The SMILES string of the molecule is CCCCC(C)C(N)C1CCCc2cccnc21. The summed E-state index contributed by atoms with van der Waals surface area (Å²) in [5.74, 6) is 1.07. The number of nitrogens with zero attached hydrogens (tertiary/aromatic N) is 1. The van der Waals surface area contributed by atoms with E-state index in [9.17, 15) is 0 Å². The molecule has 0 fully saturated rings. The van der Waals surface area contributed by atoms with Crippen molar-refractivity contribution in [1.82, 2.24) is 4.98 Å². The molecule has 2 nitrogen and oxygen atoms in total. The number of fused-ring (bicyclic) bond motifs is 1. The third kappa shape index (κ3) is 2.92. The Kier molecular flexibility index (Phi) is 4.76. The lowest BCUT2D eigenvalue weighted by atomic mass is 9.77. The van der Waals surface area contributed by atoms with E-state index in [1.165, 1.54) is 49.8 Å². The molecule has 2 N–H and O–H groups in total. The van der Waals surface area contributed by atoms with Crippen LogP contribution in [-0.4, -0.2) is 11.0 Å². The fourth-order valence-electron chi connectivity index (χ4n) is 3.14. The molecule has 1 aromatic rings. The largest absolute Gasteiger partial charge is 0.327 e. The van der Waals surface area contributed by atoms with E-state index in [1.807, 2.05) is 12.3 Å². The molecule has 0 saturated carbocycles. The first-order chi connectivity index (χ1) is 8.74. The van der Waals surface area contributed by atoms with E-state index in [1.54, 1.807) is 0 Å². The molecular formula is C16H26N2. The standard InChI is InChI=1S/C16H26N2/c1-3-4-7-12(2)15(17)14-10-5-8-13-9-6-11-18-16(13)14/h6,9,11-12,14-15H,3-5,7-8,10,17H2,1-2H3. The van der Waals surface area contributed by atoms with Crippen LogP contribution in [0.2, 0.25) is 0 Å². The van der Waals surface area contributed by atoms with Gasteiger partial charge in [-0.15, -0.1) is 0 Å². The van der Waals surface area contributed by atoms with Gasteiger partial charge in [0.2, 0.25) is 0 Å². The maximum Gasteiger partial charge on any atom is 0.0481 e. The average Bonchev–Trinajstić information content (AvgIpc) is 2.43. The Morgan fingerprint density at radius 1 is 1.50 bits per heavy atom. The minimum absolute atomic E-state index is 0.269. The van der Waals surface area contributed by atoms with E-state index in [2.05, 4.69) is 24.9 Å². The van der Waals surface area contributed by atoms with E-state index >= 15 is 0 Å². The molecular weight excluding hydrogens is 220 g/mol. The highest BCUT2D eigenvalue weighted by molar-refractivity contribution is 5.27. The van der Waals surface area contributed by atoms with Gasteiger partial charge in [0.25, 0.3) is 0 Å². The van der Waals surface area contributed by atoms with Crippen molar-refractivity contribution in [3.8, 4) is 0 Å². The van der Waals surface area contributed by atoms with Crippen molar-refractivity contribution in [3.63, 3.8) is 0 Å². The molecule has 3 unspecified atom stereocenters. The molecule has 18 heavy (non-hydrogen) atoms. The van der Waals surface area contributed by atoms with Gasteiger partial charge in [0, 0.05) is 23.9 Å². The Balaban J connectivity index is 2.09. The normalized spacial score (nSPS) is 22.3. The van der Waals surface area contributed by atoms with Crippen LogP contribution in [0, 0.1) is 5.92 Å². The van der Waals surface area contributed by atoms with Crippen molar-refractivity contribution in [2.75, 3.05) is 0 Å². The van der Waals surface area contributed by atoms with Crippen molar-refractivity contribution in [3.05, 3.63) is 29.6 Å². The minimum atomic E-state index is 0.269. The maximum atomic E-state index is 6.51. The first-order valence-electron chi connectivity index (χ1n) is 7.43. The summed E-state index contributed by atoms with van der Waals surface area (Å²) in [5, 5.41) is 0. The highest BCUT2D eigenvalue weighted by atomic mass is 14.8. The lowest BCUT2D eigenvalue weighted by molar-refractivity contribution is 0.334. The molecule has 0 bridgehead atoms. The van der Waals surface area contributed by atoms with Gasteiger partial charge < -0.3 is 5.73 Å². The van der Waals surface area contributed by atoms with Crippen molar-refractivity contribution in [2.45, 2.75) is 64.3 Å². The second kappa shape index (κ2) is 6.33. The first kappa shape index (κ1) is 13.5. The molecule has 0 aliphatic heterocycles. The number of aromatic nitrogens is 1. The van der Waals surface area contributed by atoms with Crippen LogP contribution in [-0.2, 0) is 6.42 Å². The zero-order chi connectivity index (χ0) is 13.0. The number of hydrogen-bond acceptors (Lipinski definition) is 2. The summed E-state index contributed by atoms with van der Waals surface area (Å²) >= 11 is 0. The summed E-state index contributed by atoms with van der Waals surface area (Å²) in [6.07, 6.45) is 9.36. The fraction of sp³-hybridized carbons (Fsp3) is 0.688. The number of pyridine rings is 1. The number of rotatable bonds is 5. The second-order valence-corrected chi connectivity index (χ2v) is 5.74. The number of nitrogens with two attached hydrogens (primary N) is 1. The molecule has 2 rings (SSSR count). The van der Waals surface area contributed by atoms with Gasteiger partial charge in [-0.1, -0.05) is 32.8 Å². The summed E-state index contributed by atoms with van der Waals surface area (Å²) in [5.41, 5.74) is 9.21. The molecule has 1 heterocycles. The van der Waals surface area contributed by atoms with Crippen LogP contribution >= 0.6 is 0 Å². The third-order valence-electron chi connectivity index (χ3n) is 4.37. The van der Waals surface area contributed by atoms with Crippen molar-refractivity contribution < 1.29 is 0 Å². The van der Waals surface area contributed by atoms with Crippen molar-refractivity contribution in [2.24, 2.45) is 11.7 Å². The topological polar surface area (TPSA) is 38.9 Å². The van der Waals surface area contributed by atoms with Gasteiger partial charge in [0.1, 0.15) is 0 Å². The van der Waals surface area contributed by atoms with Gasteiger partial charge >= 0.3 is 0 Å². The van der Waals surface area contributed by atoms with Gasteiger partial charge in [-0.05, 0) is 43.2 Å². The quantitative estimate of drug-likeness (QED) is 0.861. The summed E-state index contributed by atoms with van der Waals surface area (Å²) in [6.45, 7) is 4.55. The van der Waals surface area contributed by atoms with Crippen LogP contribution in [0.5, 0.6) is 0 Å². The molecule has 0 saturated heterocycles. The number of unbranched alkanes of at least 4 members (excludes halogenated alkanes) is 1. The summed E-state index contributed by atoms with van der Waals surface area (Å²) in [6, 6.07) is 4.54. The number of hydrogen-bond donors (Lipinski definition) is 1. The van der Waals surface area contributed by atoms with Crippen molar-refractivity contribution in [1.29, 1.82) is 0 Å². The zero-order valence-electron chi connectivity index (χ0n) is 11.7. The third-order valence-corrected chi connectivity index (χ3v) is 4.37. The molecule has 0 aromatic carbocycles. The molecule has 0 amide bonds. The average molecular weight is 246 g/mol. The van der Waals surface area contributed by atoms with Gasteiger partial charge in [0.05, 0.1) is 0 Å². The molecule has 0 radical (unpaired) electrons. The maximum absolute atomic E-state index is 6.51. The van der Waals surface area contributed by atoms with Crippen LogP contribution in [0.15, 0.2) is 18.3 Å². The molecule has 1 aliphatic carbocycles. The molecule has 2 heteroatoms. The van der Waals surface area contributed by atoms with E-state index < -0.39 is 0 Å². The smallest absolute Gasteiger partial charge is 0.0481 e. The monoisotopic (exact) mass is 246 g/mol. The molecule has 100 valence electrons. The fourth-order valence-corrected chi connectivity index (χ4v) is 3.14. The van der Waals surface area contributed by atoms with Gasteiger partial charge in [-0.3, -0.25) is 4.98 Å². The molecule has 0 spiro atoms. The molecule has 1 aromatic heterocycles. The summed E-state index contributed by atoms with van der Waals surface area (Å²) < 4.78 is 0. The second-order valence-electron chi connectivity index (χ2n) is 5.74. The van der Waals surface area contributed by atoms with Gasteiger partial charge in [0.15, 0.2) is 0 Å². The highest BCUT2D eigenvalue weighted by Gasteiger charge is 2.29. The van der Waals surface area contributed by atoms with Crippen LogP contribution in [0.25, 0.3) is 0 Å². The highest BCUT2D eigenvalue weighted by Crippen LogP contribution is 2.34. The minimum Gasteiger partial charge on any atom is -0.327 e. The Hall–Kier alpha value is -0.890.